The molecule has 0 saturated carbocycles. The van der Waals surface area contributed by atoms with Crippen molar-refractivity contribution >= 4 is 44.0 Å². The highest BCUT2D eigenvalue weighted by Crippen LogP contribution is 2.26. The Kier molecular flexibility index (Phi) is 5.88. The summed E-state index contributed by atoms with van der Waals surface area (Å²) in [5.74, 6) is -0.576. The molecule has 0 spiro atoms. The van der Waals surface area contributed by atoms with Crippen LogP contribution in [0.2, 0.25) is 0 Å². The van der Waals surface area contributed by atoms with Gasteiger partial charge in [-0.15, -0.1) is 11.3 Å². The molecule has 1 aliphatic heterocycles. The van der Waals surface area contributed by atoms with Crippen molar-refractivity contribution in [3.8, 4) is 0 Å². The van der Waals surface area contributed by atoms with Gasteiger partial charge in [0.1, 0.15) is 0 Å². The number of carbonyl (C=O) groups is 2. The average Bonchev–Trinajstić information content (AvgIpc) is 3.15. The van der Waals surface area contributed by atoms with E-state index in [0.29, 0.717) is 23.7 Å². The number of aromatic nitrogens is 1. The summed E-state index contributed by atoms with van der Waals surface area (Å²) < 4.78 is 27.0. The fraction of sp³-hybridized carbons (Fsp3) is 0.353. The first-order valence-corrected chi connectivity index (χ1v) is 10.8. The number of nitrogens with one attached hydrogen (secondary N) is 2. The third kappa shape index (κ3) is 4.71. The number of hydrogen-bond donors (Lipinski definition) is 2. The van der Waals surface area contributed by atoms with Crippen LogP contribution in [0.15, 0.2) is 40.7 Å². The van der Waals surface area contributed by atoms with E-state index in [9.17, 15) is 18.0 Å². The third-order valence-corrected chi connectivity index (χ3v) is 6.90. The molecule has 2 aromatic rings. The van der Waals surface area contributed by atoms with Crippen molar-refractivity contribution in [2.75, 3.05) is 23.7 Å². The van der Waals surface area contributed by atoms with Gasteiger partial charge in [0.2, 0.25) is 21.8 Å². The van der Waals surface area contributed by atoms with Crippen molar-refractivity contribution in [2.24, 2.45) is 5.92 Å². The lowest BCUT2D eigenvalue weighted by atomic mass is 9.97. The largest absolute Gasteiger partial charge is 0.326 e. The molecule has 1 aliphatic rings. The lowest BCUT2D eigenvalue weighted by Crippen LogP contribution is -2.41. The highest BCUT2D eigenvalue weighted by Gasteiger charge is 2.32. The predicted molar refractivity (Wildman–Crippen MR) is 103 cm³/mol. The van der Waals surface area contributed by atoms with E-state index in [4.69, 9.17) is 0 Å². The highest BCUT2D eigenvalue weighted by atomic mass is 32.2. The minimum atomic E-state index is -3.63. The number of anilines is 2. The predicted octanol–water partition coefficient (Wildman–Crippen LogP) is 2.14. The molecule has 144 valence electrons. The summed E-state index contributed by atoms with van der Waals surface area (Å²) in [5, 5.41) is 7.70. The molecule has 1 aromatic carbocycles. The van der Waals surface area contributed by atoms with E-state index in [0.717, 1.165) is 0 Å². The van der Waals surface area contributed by atoms with Crippen LogP contribution in [-0.2, 0) is 19.6 Å². The SMILES string of the molecule is CC(=O)Nc1ccc(S(=O)(=O)N2CCC(C(=O)Nc3nccs3)CC2)cc1. The molecule has 2 amide bonds. The zero-order chi connectivity index (χ0) is 19.4. The number of amides is 2. The molecule has 8 nitrogen and oxygen atoms in total. The Morgan fingerprint density at radius 3 is 2.37 bits per heavy atom. The molecule has 3 rings (SSSR count). The number of hydrogen-bond acceptors (Lipinski definition) is 6. The van der Waals surface area contributed by atoms with Crippen LogP contribution < -0.4 is 10.6 Å². The molecule has 2 heterocycles. The van der Waals surface area contributed by atoms with E-state index >= 15 is 0 Å². The second-order valence-corrected chi connectivity index (χ2v) is 9.04. The number of sulfonamides is 1. The number of carbonyl (C=O) groups excluding carboxylic acids is 2. The molecular weight excluding hydrogens is 388 g/mol. The Hall–Kier alpha value is -2.30. The molecule has 2 N–H and O–H groups in total. The third-order valence-electron chi connectivity index (χ3n) is 4.30. The molecule has 0 unspecified atom stereocenters. The van der Waals surface area contributed by atoms with Crippen LogP contribution in [0.5, 0.6) is 0 Å². The zero-order valence-corrected chi connectivity index (χ0v) is 16.3. The first-order chi connectivity index (χ1) is 12.9. The molecule has 1 aromatic heterocycles. The van der Waals surface area contributed by atoms with Gasteiger partial charge >= 0.3 is 0 Å². The minimum absolute atomic E-state index is 0.123. The van der Waals surface area contributed by atoms with Crippen LogP contribution in [0, 0.1) is 5.92 Å². The van der Waals surface area contributed by atoms with E-state index in [1.165, 1.54) is 34.7 Å². The monoisotopic (exact) mass is 408 g/mol. The molecule has 0 atom stereocenters. The Labute approximate surface area is 161 Å². The fourth-order valence-electron chi connectivity index (χ4n) is 2.91. The zero-order valence-electron chi connectivity index (χ0n) is 14.7. The summed E-state index contributed by atoms with van der Waals surface area (Å²) in [4.78, 5) is 27.5. The van der Waals surface area contributed by atoms with E-state index in [-0.39, 0.29) is 35.7 Å². The average molecular weight is 409 g/mol. The standard InChI is InChI=1S/C17H20N4O4S2/c1-12(22)19-14-2-4-15(5-3-14)27(24,25)21-9-6-13(7-10-21)16(23)20-17-18-8-11-26-17/h2-5,8,11,13H,6-7,9-10H2,1H3,(H,19,22)(H,18,20,23). The van der Waals surface area contributed by atoms with Gasteiger partial charge in [-0.25, -0.2) is 13.4 Å². The molecule has 0 radical (unpaired) electrons. The second kappa shape index (κ2) is 8.15. The maximum atomic E-state index is 12.8. The van der Waals surface area contributed by atoms with Gasteiger partial charge < -0.3 is 10.6 Å². The molecule has 27 heavy (non-hydrogen) atoms. The van der Waals surface area contributed by atoms with Crippen molar-refractivity contribution in [3.05, 3.63) is 35.8 Å². The van der Waals surface area contributed by atoms with Gasteiger partial charge in [-0.2, -0.15) is 4.31 Å². The van der Waals surface area contributed by atoms with E-state index < -0.39 is 10.0 Å². The van der Waals surface area contributed by atoms with Gasteiger partial charge in [0.15, 0.2) is 5.13 Å². The Balaban J connectivity index is 1.60. The summed E-state index contributed by atoms with van der Waals surface area (Å²) in [5.41, 5.74) is 0.541. The molecule has 1 saturated heterocycles. The summed E-state index contributed by atoms with van der Waals surface area (Å²) in [6.07, 6.45) is 2.54. The highest BCUT2D eigenvalue weighted by molar-refractivity contribution is 7.89. The fourth-order valence-corrected chi connectivity index (χ4v) is 4.92. The van der Waals surface area contributed by atoms with Crippen molar-refractivity contribution in [1.82, 2.24) is 9.29 Å². The van der Waals surface area contributed by atoms with Crippen molar-refractivity contribution in [2.45, 2.75) is 24.7 Å². The van der Waals surface area contributed by atoms with Crippen molar-refractivity contribution in [1.29, 1.82) is 0 Å². The van der Waals surface area contributed by atoms with E-state index in [2.05, 4.69) is 15.6 Å². The summed E-state index contributed by atoms with van der Waals surface area (Å²) >= 11 is 1.35. The van der Waals surface area contributed by atoms with Crippen LogP contribution in [0.1, 0.15) is 19.8 Å². The number of piperidine rings is 1. The minimum Gasteiger partial charge on any atom is -0.326 e. The number of benzene rings is 1. The van der Waals surface area contributed by atoms with Gasteiger partial charge in [0.25, 0.3) is 0 Å². The summed E-state index contributed by atoms with van der Waals surface area (Å²) in [7, 11) is -3.63. The maximum Gasteiger partial charge on any atom is 0.243 e. The maximum absolute atomic E-state index is 12.8. The summed E-state index contributed by atoms with van der Waals surface area (Å²) in [6, 6.07) is 6.06. The molecular formula is C17H20N4O4S2. The van der Waals surface area contributed by atoms with Gasteiger partial charge in [0.05, 0.1) is 4.90 Å². The lowest BCUT2D eigenvalue weighted by molar-refractivity contribution is -0.121. The normalized spacial score (nSPS) is 16.0. The summed E-state index contributed by atoms with van der Waals surface area (Å²) in [6.45, 7) is 1.96. The first kappa shape index (κ1) is 19.5. The quantitative estimate of drug-likeness (QED) is 0.788. The van der Waals surface area contributed by atoms with Crippen LogP contribution in [0.4, 0.5) is 10.8 Å². The van der Waals surface area contributed by atoms with Crippen LogP contribution >= 0.6 is 11.3 Å². The number of thiazole rings is 1. The van der Waals surface area contributed by atoms with Gasteiger partial charge in [-0.3, -0.25) is 9.59 Å². The number of rotatable bonds is 5. The van der Waals surface area contributed by atoms with Gasteiger partial charge in [-0.1, -0.05) is 0 Å². The Bertz CT molecular complexity index is 903. The molecule has 0 bridgehead atoms. The second-order valence-electron chi connectivity index (χ2n) is 6.21. The lowest BCUT2D eigenvalue weighted by Gasteiger charge is -2.30. The molecule has 10 heteroatoms. The Morgan fingerprint density at radius 2 is 1.81 bits per heavy atom. The van der Waals surface area contributed by atoms with Crippen LogP contribution in [0.25, 0.3) is 0 Å². The Morgan fingerprint density at radius 1 is 1.15 bits per heavy atom. The van der Waals surface area contributed by atoms with Crippen LogP contribution in [-0.4, -0.2) is 42.6 Å². The van der Waals surface area contributed by atoms with Gasteiger partial charge in [0, 0.05) is 43.2 Å². The van der Waals surface area contributed by atoms with E-state index in [1.54, 1.807) is 23.7 Å². The smallest absolute Gasteiger partial charge is 0.243 e. The van der Waals surface area contributed by atoms with Crippen molar-refractivity contribution < 1.29 is 18.0 Å². The first-order valence-electron chi connectivity index (χ1n) is 8.44. The van der Waals surface area contributed by atoms with Crippen LogP contribution in [0.3, 0.4) is 0 Å². The molecule has 0 aliphatic carbocycles. The topological polar surface area (TPSA) is 108 Å². The van der Waals surface area contributed by atoms with E-state index in [1.807, 2.05) is 0 Å². The van der Waals surface area contributed by atoms with Gasteiger partial charge in [-0.05, 0) is 37.1 Å². The van der Waals surface area contributed by atoms with Crippen molar-refractivity contribution in [3.63, 3.8) is 0 Å². The number of nitrogens with zero attached hydrogens (tertiary/aromatic N) is 2. The molecule has 1 fully saturated rings.